The highest BCUT2D eigenvalue weighted by Crippen LogP contribution is 2.39. The first-order chi connectivity index (χ1) is 18.4. The van der Waals surface area contributed by atoms with Crippen LogP contribution >= 0.6 is 11.6 Å². The molecule has 5 aromatic rings. The van der Waals surface area contributed by atoms with E-state index in [1.807, 2.05) is 79.3 Å². The molecule has 0 aliphatic carbocycles. The van der Waals surface area contributed by atoms with E-state index in [9.17, 15) is 9.18 Å². The van der Waals surface area contributed by atoms with E-state index in [4.69, 9.17) is 16.7 Å². The fourth-order valence-corrected chi connectivity index (χ4v) is 5.28. The van der Waals surface area contributed by atoms with Crippen LogP contribution in [0.2, 0.25) is 5.02 Å². The number of aromatic nitrogens is 3. The van der Waals surface area contributed by atoms with Gasteiger partial charge in [0.1, 0.15) is 11.6 Å². The molecule has 1 atom stereocenters. The second-order valence-electron chi connectivity index (χ2n) is 9.37. The Morgan fingerprint density at radius 2 is 1.79 bits per heavy atom. The molecule has 8 heteroatoms. The van der Waals surface area contributed by atoms with Crippen molar-refractivity contribution in [3.63, 3.8) is 0 Å². The smallest absolute Gasteiger partial charge is 0.307 e. The van der Waals surface area contributed by atoms with E-state index in [0.29, 0.717) is 16.3 Å². The first-order valence-electron chi connectivity index (χ1n) is 12.3. The number of urea groups is 1. The number of amides is 2. The Balaban J connectivity index is 1.54. The fraction of sp³-hybridized carbons (Fsp3) is 0.133. The minimum Gasteiger partial charge on any atom is -0.307 e. The summed E-state index contributed by atoms with van der Waals surface area (Å²) in [4.78, 5) is 15.8. The molecular weight excluding hydrogens is 501 g/mol. The molecule has 0 radical (unpaired) electrons. The monoisotopic (exact) mass is 525 g/mol. The van der Waals surface area contributed by atoms with Crippen LogP contribution in [0.25, 0.3) is 11.5 Å². The molecule has 6 rings (SSSR count). The van der Waals surface area contributed by atoms with Crippen molar-refractivity contribution in [2.45, 2.75) is 26.4 Å². The largest absolute Gasteiger partial charge is 0.322 e. The number of aryl methyl sites for hydroxylation is 1. The van der Waals surface area contributed by atoms with Crippen LogP contribution in [0.4, 0.5) is 14.9 Å². The summed E-state index contributed by atoms with van der Waals surface area (Å²) in [5.41, 5.74) is 5.51. The van der Waals surface area contributed by atoms with Gasteiger partial charge in [-0.3, -0.25) is 0 Å². The first kappa shape index (κ1) is 24.0. The lowest BCUT2D eigenvalue weighted by Crippen LogP contribution is -2.38. The summed E-state index contributed by atoms with van der Waals surface area (Å²) in [6, 6.07) is 24.7. The predicted molar refractivity (Wildman–Crippen MR) is 147 cm³/mol. The number of nitrogens with zero attached hydrogens (tertiary/aromatic N) is 4. The van der Waals surface area contributed by atoms with Gasteiger partial charge in [0, 0.05) is 22.5 Å². The van der Waals surface area contributed by atoms with Gasteiger partial charge in [0.05, 0.1) is 29.7 Å². The van der Waals surface area contributed by atoms with Crippen molar-refractivity contribution in [3.05, 3.63) is 130 Å². The maximum Gasteiger partial charge on any atom is 0.322 e. The number of carbonyl (C=O) groups is 1. The summed E-state index contributed by atoms with van der Waals surface area (Å²) in [6.45, 7) is 4.07. The SMILES string of the molecule is Cc1nn(-c2ccccc2)c2c1CN(C(=O)Nc1cccc(Cl)c1C)[C@@H](c1cccc(F)c1)c1cccn1-2. The number of halogens is 2. The fourth-order valence-electron chi connectivity index (χ4n) is 5.11. The van der Waals surface area contributed by atoms with Crippen molar-refractivity contribution in [1.82, 2.24) is 19.2 Å². The highest BCUT2D eigenvalue weighted by molar-refractivity contribution is 6.31. The lowest BCUT2D eigenvalue weighted by molar-refractivity contribution is 0.194. The molecule has 0 saturated carbocycles. The Kier molecular flexibility index (Phi) is 6.00. The molecule has 2 aromatic heterocycles. The van der Waals surface area contributed by atoms with Crippen molar-refractivity contribution in [1.29, 1.82) is 0 Å². The molecule has 0 spiro atoms. The number of hydrogen-bond donors (Lipinski definition) is 1. The molecule has 38 heavy (non-hydrogen) atoms. The Hall–Kier alpha value is -4.36. The van der Waals surface area contributed by atoms with E-state index in [1.54, 1.807) is 23.1 Å². The summed E-state index contributed by atoms with van der Waals surface area (Å²) >= 11 is 6.33. The van der Waals surface area contributed by atoms with E-state index in [0.717, 1.165) is 34.0 Å². The molecule has 1 N–H and O–H groups in total. The number of carbonyl (C=O) groups excluding carboxylic acids is 1. The molecule has 3 aromatic carbocycles. The second-order valence-corrected chi connectivity index (χ2v) is 9.77. The zero-order valence-corrected chi connectivity index (χ0v) is 21.7. The average molecular weight is 526 g/mol. The Morgan fingerprint density at radius 1 is 1.00 bits per heavy atom. The Bertz CT molecular complexity index is 1660. The van der Waals surface area contributed by atoms with E-state index in [2.05, 4.69) is 9.88 Å². The van der Waals surface area contributed by atoms with Crippen LogP contribution in [-0.4, -0.2) is 25.3 Å². The van der Waals surface area contributed by atoms with Gasteiger partial charge < -0.3 is 14.8 Å². The van der Waals surface area contributed by atoms with Crippen molar-refractivity contribution in [2.75, 3.05) is 5.32 Å². The highest BCUT2D eigenvalue weighted by Gasteiger charge is 2.36. The summed E-state index contributed by atoms with van der Waals surface area (Å²) < 4.78 is 18.4. The van der Waals surface area contributed by atoms with Crippen LogP contribution in [0.15, 0.2) is 91.1 Å². The zero-order chi connectivity index (χ0) is 26.4. The van der Waals surface area contributed by atoms with Gasteiger partial charge in [-0.15, -0.1) is 0 Å². The molecule has 1 aliphatic rings. The summed E-state index contributed by atoms with van der Waals surface area (Å²) in [7, 11) is 0. The molecule has 6 nitrogen and oxygen atoms in total. The molecule has 190 valence electrons. The van der Waals surface area contributed by atoms with Gasteiger partial charge in [0.25, 0.3) is 0 Å². The van der Waals surface area contributed by atoms with E-state index in [1.165, 1.54) is 12.1 Å². The van der Waals surface area contributed by atoms with Crippen LogP contribution in [-0.2, 0) is 6.54 Å². The van der Waals surface area contributed by atoms with Crippen molar-refractivity contribution in [3.8, 4) is 11.5 Å². The third-order valence-electron chi connectivity index (χ3n) is 7.02. The van der Waals surface area contributed by atoms with E-state index < -0.39 is 6.04 Å². The third-order valence-corrected chi connectivity index (χ3v) is 7.43. The number of anilines is 1. The van der Waals surface area contributed by atoms with Crippen molar-refractivity contribution < 1.29 is 9.18 Å². The standard InChI is InChI=1S/C30H25ClFN5O/c1-19-25(31)13-7-14-26(19)33-30(38)36-18-24-20(2)34-37(23-11-4-3-5-12-23)29(24)35-16-8-15-27(35)28(36)21-9-6-10-22(32)17-21/h3-17,28H,18H2,1-2H3,(H,33,38)/t28-/m0/s1. The minimum absolute atomic E-state index is 0.266. The molecular formula is C30H25ClFN5O. The zero-order valence-electron chi connectivity index (χ0n) is 20.9. The molecule has 0 unspecified atom stereocenters. The maximum absolute atomic E-state index is 14.5. The van der Waals surface area contributed by atoms with Gasteiger partial charge in [-0.1, -0.05) is 48.0 Å². The van der Waals surface area contributed by atoms with Gasteiger partial charge in [-0.25, -0.2) is 13.9 Å². The van der Waals surface area contributed by atoms with Crippen LogP contribution < -0.4 is 5.32 Å². The topological polar surface area (TPSA) is 55.1 Å². The first-order valence-corrected chi connectivity index (χ1v) is 12.7. The third kappa shape index (κ3) is 4.05. The Morgan fingerprint density at radius 3 is 2.58 bits per heavy atom. The lowest BCUT2D eigenvalue weighted by atomic mass is 10.0. The van der Waals surface area contributed by atoms with Crippen LogP contribution in [0, 0.1) is 19.7 Å². The predicted octanol–water partition coefficient (Wildman–Crippen LogP) is 7.21. The van der Waals surface area contributed by atoms with Crippen molar-refractivity contribution in [2.24, 2.45) is 0 Å². The van der Waals surface area contributed by atoms with Gasteiger partial charge >= 0.3 is 6.03 Å². The van der Waals surface area contributed by atoms with Crippen LogP contribution in [0.1, 0.15) is 34.1 Å². The molecule has 0 fully saturated rings. The number of hydrogen-bond acceptors (Lipinski definition) is 2. The lowest BCUT2D eigenvalue weighted by Gasteiger charge is -2.31. The maximum atomic E-state index is 14.5. The summed E-state index contributed by atoms with van der Waals surface area (Å²) in [5, 5.41) is 8.47. The number of benzene rings is 3. The van der Waals surface area contributed by atoms with Crippen molar-refractivity contribution >= 4 is 23.3 Å². The van der Waals surface area contributed by atoms with Gasteiger partial charge in [-0.2, -0.15) is 5.10 Å². The van der Waals surface area contributed by atoms with Gasteiger partial charge in [0.2, 0.25) is 0 Å². The summed E-state index contributed by atoms with van der Waals surface area (Å²) in [5.74, 6) is 0.490. The number of para-hydroxylation sites is 1. The number of nitrogens with one attached hydrogen (secondary N) is 1. The molecule has 1 aliphatic heterocycles. The average Bonchev–Trinajstić information content (AvgIpc) is 3.47. The van der Waals surface area contributed by atoms with E-state index >= 15 is 0 Å². The quantitative estimate of drug-likeness (QED) is 0.270. The van der Waals surface area contributed by atoms with E-state index in [-0.39, 0.29) is 18.4 Å². The minimum atomic E-state index is -0.559. The van der Waals surface area contributed by atoms with Gasteiger partial charge in [0.15, 0.2) is 0 Å². The normalized spacial score (nSPS) is 14.5. The van der Waals surface area contributed by atoms with Crippen LogP contribution in [0.3, 0.4) is 0 Å². The number of rotatable bonds is 3. The molecule has 0 saturated heterocycles. The highest BCUT2D eigenvalue weighted by atomic mass is 35.5. The molecule has 0 bridgehead atoms. The molecule has 2 amide bonds. The molecule has 3 heterocycles. The van der Waals surface area contributed by atoms with Gasteiger partial charge in [-0.05, 0) is 73.5 Å². The Labute approximate surface area is 224 Å². The summed E-state index contributed by atoms with van der Waals surface area (Å²) in [6.07, 6.45) is 1.96. The second kappa shape index (κ2) is 9.50. The van der Waals surface area contributed by atoms with Crippen LogP contribution in [0.5, 0.6) is 0 Å². The number of fused-ring (bicyclic) bond motifs is 3.